The summed E-state index contributed by atoms with van der Waals surface area (Å²) in [5, 5.41) is 4.10. The van der Waals surface area contributed by atoms with Crippen LogP contribution in [0.25, 0.3) is 0 Å². The Hall–Kier alpha value is -1.95. The second-order valence-electron chi connectivity index (χ2n) is 7.12. The molecule has 1 saturated heterocycles. The van der Waals surface area contributed by atoms with Gasteiger partial charge in [-0.2, -0.15) is 4.37 Å². The molecule has 1 amide bonds. The Labute approximate surface area is 153 Å². The minimum atomic E-state index is 0.00728. The summed E-state index contributed by atoms with van der Waals surface area (Å²) in [6.07, 6.45) is 3.20. The zero-order valence-corrected chi connectivity index (χ0v) is 15.8. The van der Waals surface area contributed by atoms with Crippen molar-refractivity contribution in [3.8, 4) is 0 Å². The van der Waals surface area contributed by atoms with Crippen molar-refractivity contribution in [3.63, 3.8) is 0 Å². The third-order valence-electron chi connectivity index (χ3n) is 4.42. The largest absolute Gasteiger partial charge is 0.352 e. The second-order valence-corrected chi connectivity index (χ2v) is 7.85. The molecular weight excluding hydrogens is 332 g/mol. The number of benzene rings is 1. The van der Waals surface area contributed by atoms with Gasteiger partial charge in [0.1, 0.15) is 5.82 Å². The molecule has 1 unspecified atom stereocenters. The van der Waals surface area contributed by atoms with Crippen LogP contribution in [-0.2, 0) is 6.42 Å². The zero-order chi connectivity index (χ0) is 17.6. The lowest BCUT2D eigenvalue weighted by atomic mass is 9.98. The van der Waals surface area contributed by atoms with Crippen LogP contribution < -0.4 is 10.2 Å². The van der Waals surface area contributed by atoms with Crippen molar-refractivity contribution in [2.24, 2.45) is 11.8 Å². The predicted octanol–water partition coefficient (Wildman–Crippen LogP) is 3.38. The zero-order valence-electron chi connectivity index (χ0n) is 14.9. The Morgan fingerprint density at radius 3 is 2.92 bits per heavy atom. The normalized spacial score (nSPS) is 17.7. The molecule has 1 atom stereocenters. The Balaban J connectivity index is 1.52. The highest BCUT2D eigenvalue weighted by Gasteiger charge is 2.23. The minimum Gasteiger partial charge on any atom is -0.352 e. The molecule has 1 aliphatic rings. The lowest BCUT2D eigenvalue weighted by molar-refractivity contribution is 0.0945. The number of amides is 1. The molecular formula is C19H26N4OS. The van der Waals surface area contributed by atoms with E-state index in [9.17, 15) is 4.79 Å². The predicted molar refractivity (Wildman–Crippen MR) is 102 cm³/mol. The number of anilines is 1. The molecule has 134 valence electrons. The molecule has 0 bridgehead atoms. The summed E-state index contributed by atoms with van der Waals surface area (Å²) < 4.78 is 4.49. The van der Waals surface area contributed by atoms with Gasteiger partial charge in [-0.1, -0.05) is 32.0 Å². The van der Waals surface area contributed by atoms with E-state index in [-0.39, 0.29) is 5.91 Å². The maximum Gasteiger partial charge on any atom is 0.251 e. The topological polar surface area (TPSA) is 58.1 Å². The highest BCUT2D eigenvalue weighted by molar-refractivity contribution is 7.09. The molecule has 1 fully saturated rings. The smallest absolute Gasteiger partial charge is 0.251 e. The molecule has 5 nitrogen and oxygen atoms in total. The van der Waals surface area contributed by atoms with Crippen LogP contribution in [0.5, 0.6) is 0 Å². The average molecular weight is 359 g/mol. The third kappa shape index (κ3) is 5.01. The highest BCUT2D eigenvalue weighted by atomic mass is 32.1. The van der Waals surface area contributed by atoms with E-state index in [1.165, 1.54) is 11.5 Å². The van der Waals surface area contributed by atoms with Crippen molar-refractivity contribution >= 4 is 22.6 Å². The SMILES string of the molecule is CC(C)Cc1nsc(N2CCCC(CNC(=O)c3ccccc3)C2)n1. The number of hydrogen-bond acceptors (Lipinski definition) is 5. The van der Waals surface area contributed by atoms with E-state index in [1.54, 1.807) is 0 Å². The standard InChI is InChI=1S/C19H26N4OS/c1-14(2)11-17-21-19(25-22-17)23-10-6-7-15(13-23)12-20-18(24)16-8-4-3-5-9-16/h3-5,8-9,14-15H,6-7,10-13H2,1-2H3,(H,20,24). The van der Waals surface area contributed by atoms with Crippen LogP contribution in [0.2, 0.25) is 0 Å². The molecule has 3 rings (SSSR count). The van der Waals surface area contributed by atoms with Crippen molar-refractivity contribution in [2.45, 2.75) is 33.1 Å². The van der Waals surface area contributed by atoms with Crippen molar-refractivity contribution in [2.75, 3.05) is 24.5 Å². The van der Waals surface area contributed by atoms with Crippen LogP contribution in [0.1, 0.15) is 42.9 Å². The van der Waals surface area contributed by atoms with E-state index in [2.05, 4.69) is 28.4 Å². The maximum atomic E-state index is 12.2. The Morgan fingerprint density at radius 2 is 2.16 bits per heavy atom. The summed E-state index contributed by atoms with van der Waals surface area (Å²) in [7, 11) is 0. The Bertz CT molecular complexity index is 686. The van der Waals surface area contributed by atoms with Crippen molar-refractivity contribution in [1.82, 2.24) is 14.7 Å². The van der Waals surface area contributed by atoms with E-state index in [0.717, 1.165) is 48.9 Å². The molecule has 0 spiro atoms. The van der Waals surface area contributed by atoms with E-state index in [4.69, 9.17) is 4.98 Å². The minimum absolute atomic E-state index is 0.00728. The highest BCUT2D eigenvalue weighted by Crippen LogP contribution is 2.25. The monoisotopic (exact) mass is 358 g/mol. The molecule has 1 aromatic carbocycles. The lowest BCUT2D eigenvalue weighted by Gasteiger charge is -2.32. The summed E-state index contributed by atoms with van der Waals surface area (Å²) in [6.45, 7) is 7.05. The van der Waals surface area contributed by atoms with Gasteiger partial charge < -0.3 is 10.2 Å². The van der Waals surface area contributed by atoms with Crippen molar-refractivity contribution < 1.29 is 4.79 Å². The van der Waals surface area contributed by atoms with Gasteiger partial charge in [-0.3, -0.25) is 4.79 Å². The molecule has 0 saturated carbocycles. The van der Waals surface area contributed by atoms with Gasteiger partial charge in [0, 0.05) is 43.2 Å². The first-order valence-corrected chi connectivity index (χ1v) is 9.80. The van der Waals surface area contributed by atoms with Crippen LogP contribution in [0, 0.1) is 11.8 Å². The molecule has 1 aromatic heterocycles. The number of aromatic nitrogens is 2. The quantitative estimate of drug-likeness (QED) is 0.860. The number of rotatable bonds is 6. The van der Waals surface area contributed by atoms with E-state index >= 15 is 0 Å². The molecule has 2 aromatic rings. The number of hydrogen-bond donors (Lipinski definition) is 1. The molecule has 6 heteroatoms. The first-order valence-electron chi connectivity index (χ1n) is 9.02. The van der Waals surface area contributed by atoms with E-state index < -0.39 is 0 Å². The van der Waals surface area contributed by atoms with Crippen LogP contribution in [0.3, 0.4) is 0 Å². The van der Waals surface area contributed by atoms with E-state index in [0.29, 0.717) is 18.4 Å². The van der Waals surface area contributed by atoms with Gasteiger partial charge in [-0.05, 0) is 36.8 Å². The van der Waals surface area contributed by atoms with Crippen LogP contribution >= 0.6 is 11.5 Å². The summed E-state index contributed by atoms with van der Waals surface area (Å²) >= 11 is 1.50. The lowest BCUT2D eigenvalue weighted by Crippen LogP contribution is -2.41. The number of piperidine rings is 1. The summed E-state index contributed by atoms with van der Waals surface area (Å²) in [5.41, 5.74) is 0.720. The van der Waals surface area contributed by atoms with Gasteiger partial charge in [0.2, 0.25) is 5.13 Å². The first-order chi connectivity index (χ1) is 12.1. The molecule has 0 radical (unpaired) electrons. The van der Waals surface area contributed by atoms with Gasteiger partial charge in [-0.15, -0.1) is 0 Å². The van der Waals surface area contributed by atoms with E-state index in [1.807, 2.05) is 30.3 Å². The van der Waals surface area contributed by atoms with Gasteiger partial charge >= 0.3 is 0 Å². The van der Waals surface area contributed by atoms with Crippen LogP contribution in [0.15, 0.2) is 30.3 Å². The Kier molecular flexibility index (Phi) is 6.02. The van der Waals surface area contributed by atoms with Crippen LogP contribution in [0.4, 0.5) is 5.13 Å². The maximum absolute atomic E-state index is 12.2. The first kappa shape index (κ1) is 17.9. The van der Waals surface area contributed by atoms with Gasteiger partial charge in [0.25, 0.3) is 5.91 Å². The number of nitrogens with zero attached hydrogens (tertiary/aromatic N) is 3. The summed E-state index contributed by atoms with van der Waals surface area (Å²) in [4.78, 5) is 19.2. The fourth-order valence-electron chi connectivity index (χ4n) is 3.16. The molecule has 1 aliphatic heterocycles. The molecule has 2 heterocycles. The summed E-state index contributed by atoms with van der Waals surface area (Å²) in [5.74, 6) is 1.99. The third-order valence-corrected chi connectivity index (χ3v) is 5.24. The van der Waals surface area contributed by atoms with Crippen LogP contribution in [-0.4, -0.2) is 34.9 Å². The second kappa shape index (κ2) is 8.43. The molecule has 25 heavy (non-hydrogen) atoms. The Morgan fingerprint density at radius 1 is 1.36 bits per heavy atom. The summed E-state index contributed by atoms with van der Waals surface area (Å²) in [6, 6.07) is 9.40. The number of carbonyl (C=O) groups excluding carboxylic acids is 1. The molecule has 1 N–H and O–H groups in total. The van der Waals surface area contributed by atoms with Gasteiger partial charge in [0.15, 0.2) is 0 Å². The van der Waals surface area contributed by atoms with Crippen molar-refractivity contribution in [3.05, 3.63) is 41.7 Å². The number of carbonyl (C=O) groups is 1. The van der Waals surface area contributed by atoms with Crippen molar-refractivity contribution in [1.29, 1.82) is 0 Å². The van der Waals surface area contributed by atoms with Gasteiger partial charge in [0.05, 0.1) is 0 Å². The average Bonchev–Trinajstić information content (AvgIpc) is 3.08. The van der Waals surface area contributed by atoms with Gasteiger partial charge in [-0.25, -0.2) is 4.98 Å². The number of nitrogens with one attached hydrogen (secondary N) is 1. The fourth-order valence-corrected chi connectivity index (χ4v) is 3.89. The fraction of sp³-hybridized carbons (Fsp3) is 0.526. The molecule has 0 aliphatic carbocycles.